The van der Waals surface area contributed by atoms with Gasteiger partial charge in [0, 0.05) is 30.9 Å². The average molecular weight is 510 g/mol. The van der Waals surface area contributed by atoms with E-state index in [9.17, 15) is 19.2 Å². The van der Waals surface area contributed by atoms with Crippen molar-refractivity contribution in [2.45, 2.75) is 26.9 Å². The van der Waals surface area contributed by atoms with Crippen LogP contribution in [-0.4, -0.2) is 57.6 Å². The number of nitrogens with zero attached hydrogens (tertiary/aromatic N) is 3. The van der Waals surface area contributed by atoms with E-state index in [0.717, 1.165) is 0 Å². The number of aryl methyl sites for hydroxylation is 1. The number of Topliss-reactive ketones (excluding diaryl/α,β-unsaturated/α-hetero) is 1. The molecule has 0 fully saturated rings. The maximum Gasteiger partial charge on any atom is 0.396 e. The lowest BCUT2D eigenvalue weighted by Gasteiger charge is -2.14. The van der Waals surface area contributed by atoms with Crippen molar-refractivity contribution in [2.75, 3.05) is 18.5 Å². The summed E-state index contributed by atoms with van der Waals surface area (Å²) in [4.78, 5) is 52.0. The SMILES string of the molecule is CCOC(=O)C(=O)NCC(=O)c1ccc(Oc2cc(OC(C)C)cc(C(=O)Nc3ccn(C)n3)c2)cn1. The van der Waals surface area contributed by atoms with Gasteiger partial charge in [0.2, 0.25) is 0 Å². The van der Waals surface area contributed by atoms with Gasteiger partial charge in [0.1, 0.15) is 22.9 Å². The van der Waals surface area contributed by atoms with Crippen molar-refractivity contribution in [2.24, 2.45) is 7.05 Å². The number of amides is 2. The molecule has 0 aliphatic heterocycles. The van der Waals surface area contributed by atoms with E-state index in [1.807, 2.05) is 13.8 Å². The maximum absolute atomic E-state index is 12.8. The number of hydrogen-bond acceptors (Lipinski definition) is 9. The van der Waals surface area contributed by atoms with E-state index in [4.69, 9.17) is 9.47 Å². The maximum atomic E-state index is 12.8. The molecular formula is C25H27N5O7. The average Bonchev–Trinajstić information content (AvgIpc) is 3.26. The summed E-state index contributed by atoms with van der Waals surface area (Å²) in [6.07, 6.45) is 2.89. The second-order valence-corrected chi connectivity index (χ2v) is 8.00. The van der Waals surface area contributed by atoms with Crippen LogP contribution >= 0.6 is 0 Å². The number of ketones is 1. The molecule has 3 aromatic rings. The Morgan fingerprint density at radius 1 is 1.03 bits per heavy atom. The van der Waals surface area contributed by atoms with Crippen LogP contribution in [0.4, 0.5) is 5.82 Å². The van der Waals surface area contributed by atoms with Crippen LogP contribution in [-0.2, 0) is 21.4 Å². The quantitative estimate of drug-likeness (QED) is 0.239. The molecule has 0 saturated carbocycles. The second-order valence-electron chi connectivity index (χ2n) is 8.00. The van der Waals surface area contributed by atoms with Crippen LogP contribution in [0.3, 0.4) is 0 Å². The van der Waals surface area contributed by atoms with Crippen molar-refractivity contribution >= 4 is 29.4 Å². The number of esters is 1. The Bertz CT molecular complexity index is 1280. The highest BCUT2D eigenvalue weighted by Gasteiger charge is 2.17. The topological polar surface area (TPSA) is 151 Å². The van der Waals surface area contributed by atoms with E-state index in [1.165, 1.54) is 24.4 Å². The van der Waals surface area contributed by atoms with Gasteiger partial charge >= 0.3 is 11.9 Å². The van der Waals surface area contributed by atoms with Crippen LogP contribution in [0.25, 0.3) is 0 Å². The molecule has 37 heavy (non-hydrogen) atoms. The van der Waals surface area contributed by atoms with Crippen LogP contribution in [0.1, 0.15) is 41.6 Å². The monoisotopic (exact) mass is 509 g/mol. The first-order valence-corrected chi connectivity index (χ1v) is 11.4. The number of benzene rings is 1. The zero-order chi connectivity index (χ0) is 26.9. The molecule has 2 N–H and O–H groups in total. The molecule has 2 heterocycles. The number of carbonyl (C=O) groups excluding carboxylic acids is 4. The number of hydrogen-bond donors (Lipinski definition) is 2. The Labute approximate surface area is 212 Å². The summed E-state index contributed by atoms with van der Waals surface area (Å²) in [7, 11) is 1.74. The molecule has 1 aromatic carbocycles. The van der Waals surface area contributed by atoms with Crippen LogP contribution in [0.2, 0.25) is 0 Å². The summed E-state index contributed by atoms with van der Waals surface area (Å²) in [5.74, 6) is -1.56. The van der Waals surface area contributed by atoms with E-state index in [2.05, 4.69) is 25.5 Å². The third-order valence-electron chi connectivity index (χ3n) is 4.60. The van der Waals surface area contributed by atoms with Gasteiger partial charge in [-0.05, 0) is 45.0 Å². The summed E-state index contributed by atoms with van der Waals surface area (Å²) in [5.41, 5.74) is 0.347. The zero-order valence-corrected chi connectivity index (χ0v) is 20.8. The molecule has 0 atom stereocenters. The van der Waals surface area contributed by atoms with Gasteiger partial charge in [-0.3, -0.25) is 19.1 Å². The summed E-state index contributed by atoms with van der Waals surface area (Å²) >= 11 is 0. The van der Waals surface area contributed by atoms with Crippen LogP contribution < -0.4 is 20.1 Å². The minimum Gasteiger partial charge on any atom is -0.491 e. The summed E-state index contributed by atoms with van der Waals surface area (Å²) in [6, 6.07) is 9.35. The third kappa shape index (κ3) is 7.88. The third-order valence-corrected chi connectivity index (χ3v) is 4.60. The molecule has 2 aromatic heterocycles. The molecule has 194 valence electrons. The second kappa shape index (κ2) is 12.3. The molecule has 12 nitrogen and oxygen atoms in total. The van der Waals surface area contributed by atoms with Crippen molar-refractivity contribution in [3.8, 4) is 17.2 Å². The van der Waals surface area contributed by atoms with Crippen molar-refractivity contribution in [3.05, 3.63) is 60.0 Å². The van der Waals surface area contributed by atoms with Crippen molar-refractivity contribution in [3.63, 3.8) is 0 Å². The fraction of sp³-hybridized carbons (Fsp3) is 0.280. The number of rotatable bonds is 10. The molecule has 0 saturated heterocycles. The Balaban J connectivity index is 1.70. The Morgan fingerprint density at radius 2 is 1.78 bits per heavy atom. The molecule has 12 heteroatoms. The zero-order valence-electron chi connectivity index (χ0n) is 20.8. The fourth-order valence-electron chi connectivity index (χ4n) is 3.03. The Morgan fingerprint density at radius 3 is 2.41 bits per heavy atom. The van der Waals surface area contributed by atoms with Crippen LogP contribution in [0.5, 0.6) is 17.2 Å². The number of carbonyl (C=O) groups is 4. The van der Waals surface area contributed by atoms with Gasteiger partial charge in [0.25, 0.3) is 5.91 Å². The molecule has 3 rings (SSSR count). The first-order chi connectivity index (χ1) is 17.6. The van der Waals surface area contributed by atoms with E-state index < -0.39 is 30.1 Å². The van der Waals surface area contributed by atoms with Crippen molar-refractivity contribution in [1.29, 1.82) is 0 Å². The van der Waals surface area contributed by atoms with Gasteiger partial charge in [0.15, 0.2) is 11.6 Å². The normalized spacial score (nSPS) is 10.5. The Kier molecular flexibility index (Phi) is 8.92. The number of nitrogens with one attached hydrogen (secondary N) is 2. The summed E-state index contributed by atoms with van der Waals surface area (Å²) < 4.78 is 17.7. The molecule has 0 unspecified atom stereocenters. The summed E-state index contributed by atoms with van der Waals surface area (Å²) in [6.45, 7) is 4.90. The minimum atomic E-state index is -1.07. The highest BCUT2D eigenvalue weighted by atomic mass is 16.5. The standard InChI is InChI=1S/C25H27N5O7/c1-5-35-25(34)24(33)27-14-21(31)20-7-6-17(13-26-20)37-19-11-16(10-18(12-19)36-15(2)3)23(32)28-22-8-9-30(4)29-22/h6-13,15H,5,14H2,1-4H3,(H,27,33)(H,28,29,32). The molecule has 0 aliphatic carbocycles. The lowest BCUT2D eigenvalue weighted by atomic mass is 10.2. The smallest absolute Gasteiger partial charge is 0.396 e. The highest BCUT2D eigenvalue weighted by molar-refractivity contribution is 6.32. The molecule has 0 aliphatic rings. The predicted octanol–water partition coefficient (Wildman–Crippen LogP) is 2.51. The largest absolute Gasteiger partial charge is 0.491 e. The van der Waals surface area contributed by atoms with Crippen molar-refractivity contribution in [1.82, 2.24) is 20.1 Å². The van der Waals surface area contributed by atoms with Crippen molar-refractivity contribution < 1.29 is 33.4 Å². The number of anilines is 1. The van der Waals surface area contributed by atoms with E-state index >= 15 is 0 Å². The summed E-state index contributed by atoms with van der Waals surface area (Å²) in [5, 5.41) is 9.04. The van der Waals surface area contributed by atoms with Gasteiger partial charge in [-0.15, -0.1) is 0 Å². The highest BCUT2D eigenvalue weighted by Crippen LogP contribution is 2.28. The van der Waals surface area contributed by atoms with Crippen LogP contribution in [0, 0.1) is 0 Å². The van der Waals surface area contributed by atoms with Gasteiger partial charge in [-0.25, -0.2) is 9.78 Å². The fourth-order valence-corrected chi connectivity index (χ4v) is 3.03. The number of ether oxygens (including phenoxy) is 3. The van der Waals surface area contributed by atoms with Crippen LogP contribution in [0.15, 0.2) is 48.8 Å². The van der Waals surface area contributed by atoms with E-state index in [1.54, 1.807) is 43.0 Å². The van der Waals surface area contributed by atoms with E-state index in [-0.39, 0.29) is 24.0 Å². The molecule has 0 radical (unpaired) electrons. The Hall–Kier alpha value is -4.74. The minimum absolute atomic E-state index is 0.0477. The lowest BCUT2D eigenvalue weighted by molar-refractivity contribution is -0.154. The van der Waals surface area contributed by atoms with Gasteiger partial charge in [-0.1, -0.05) is 0 Å². The molecular weight excluding hydrogens is 482 g/mol. The lowest BCUT2D eigenvalue weighted by Crippen LogP contribution is -2.36. The van der Waals surface area contributed by atoms with Gasteiger partial charge < -0.3 is 24.8 Å². The van der Waals surface area contributed by atoms with E-state index in [0.29, 0.717) is 23.1 Å². The number of pyridine rings is 1. The van der Waals surface area contributed by atoms with Gasteiger partial charge in [0.05, 0.1) is 25.5 Å². The first-order valence-electron chi connectivity index (χ1n) is 11.4. The molecule has 2 amide bonds. The molecule has 0 spiro atoms. The predicted molar refractivity (Wildman–Crippen MR) is 132 cm³/mol. The molecule has 0 bridgehead atoms. The first kappa shape index (κ1) is 26.9. The number of aromatic nitrogens is 3. The van der Waals surface area contributed by atoms with Gasteiger partial charge in [-0.2, -0.15) is 5.10 Å².